The van der Waals surface area contributed by atoms with Crippen molar-refractivity contribution in [1.29, 1.82) is 0 Å². The Bertz CT molecular complexity index is 455. The first-order valence-electron chi connectivity index (χ1n) is 8.28. The van der Waals surface area contributed by atoms with Crippen LogP contribution in [0.3, 0.4) is 0 Å². The number of carbonyl (C=O) groups is 1. The van der Waals surface area contributed by atoms with Crippen LogP contribution in [0.5, 0.6) is 0 Å². The molecule has 11 N–H and O–H groups in total. The Kier molecular flexibility index (Phi) is 9.92. The predicted octanol–water partition coefficient (Wildman–Crippen LogP) is -6.68. The molecule has 1 rings (SSSR count). The molecule has 1 heterocycles. The molecule has 0 aromatic carbocycles. The molecule has 1 aliphatic rings. The van der Waals surface area contributed by atoms with Crippen LogP contribution in [0.1, 0.15) is 0 Å². The van der Waals surface area contributed by atoms with Gasteiger partial charge in [-0.25, -0.2) is 0 Å². The van der Waals surface area contributed by atoms with Crippen LogP contribution in [-0.2, 0) is 14.3 Å². The zero-order chi connectivity index (χ0) is 20.7. The van der Waals surface area contributed by atoms with E-state index in [9.17, 15) is 35.4 Å². The molecule has 0 saturated carbocycles. The second-order valence-corrected chi connectivity index (χ2v) is 6.06. The van der Waals surface area contributed by atoms with Crippen LogP contribution in [0.25, 0.3) is 0 Å². The van der Waals surface area contributed by atoms with Gasteiger partial charge in [-0.15, -0.1) is 0 Å². The summed E-state index contributed by atoms with van der Waals surface area (Å²) in [5.74, 6) is -1.03. The topological polar surface area (TPSA) is 235 Å². The second-order valence-electron chi connectivity index (χ2n) is 6.06. The van der Waals surface area contributed by atoms with Crippen molar-refractivity contribution in [3.63, 3.8) is 0 Å². The largest absolute Gasteiger partial charge is 0.394 e. The molecule has 13 heteroatoms. The highest BCUT2D eigenvalue weighted by Crippen LogP contribution is 2.25. The maximum atomic E-state index is 11.9. The van der Waals surface area contributed by atoms with E-state index in [4.69, 9.17) is 25.4 Å². The highest BCUT2D eigenvalue weighted by Gasteiger charge is 2.47. The second kappa shape index (κ2) is 11.1. The molecule has 0 bridgehead atoms. The molecular formula is C14H28N2O11. The van der Waals surface area contributed by atoms with E-state index in [1.54, 1.807) is 0 Å². The lowest BCUT2D eigenvalue weighted by Crippen LogP contribution is -2.62. The van der Waals surface area contributed by atoms with Gasteiger partial charge in [-0.1, -0.05) is 0 Å². The van der Waals surface area contributed by atoms with E-state index in [0.29, 0.717) is 0 Å². The van der Waals surface area contributed by atoms with Crippen molar-refractivity contribution in [2.45, 2.75) is 55.1 Å². The van der Waals surface area contributed by atoms with E-state index >= 15 is 0 Å². The van der Waals surface area contributed by atoms with Crippen molar-refractivity contribution >= 4 is 5.91 Å². The van der Waals surface area contributed by atoms with E-state index in [0.717, 1.165) is 0 Å². The Labute approximate surface area is 154 Å². The molecule has 0 radical (unpaired) electrons. The predicted molar refractivity (Wildman–Crippen MR) is 85.8 cm³/mol. The molecular weight excluding hydrogens is 372 g/mol. The van der Waals surface area contributed by atoms with Crippen molar-refractivity contribution in [2.24, 2.45) is 5.73 Å². The first kappa shape index (κ1) is 24.1. The lowest BCUT2D eigenvalue weighted by atomic mass is 9.98. The summed E-state index contributed by atoms with van der Waals surface area (Å²) in [7, 11) is 0. The summed E-state index contributed by atoms with van der Waals surface area (Å²) in [6, 6.07) is 0. The molecule has 0 spiro atoms. The number of rotatable bonds is 10. The van der Waals surface area contributed by atoms with Crippen LogP contribution < -0.4 is 11.1 Å². The first-order valence-corrected chi connectivity index (χ1v) is 8.28. The molecule has 9 unspecified atom stereocenters. The van der Waals surface area contributed by atoms with Gasteiger partial charge >= 0.3 is 0 Å². The molecule has 0 aliphatic carbocycles. The van der Waals surface area contributed by atoms with Gasteiger partial charge in [0, 0.05) is 13.1 Å². The van der Waals surface area contributed by atoms with Crippen molar-refractivity contribution in [2.75, 3.05) is 26.3 Å². The lowest BCUT2D eigenvalue weighted by Gasteiger charge is -2.42. The average Bonchev–Trinajstić information content (AvgIpc) is 2.68. The zero-order valence-corrected chi connectivity index (χ0v) is 14.4. The Balaban J connectivity index is 2.99. The number of aliphatic hydroxyl groups excluding tert-OH is 8. The van der Waals surface area contributed by atoms with Crippen LogP contribution in [0.4, 0.5) is 0 Å². The number of nitrogens with two attached hydrogens (primary N) is 1. The molecule has 1 amide bonds. The fourth-order valence-corrected chi connectivity index (χ4v) is 2.45. The smallest absolute Gasteiger partial charge is 0.251 e. The molecule has 1 saturated heterocycles. The van der Waals surface area contributed by atoms with Crippen molar-refractivity contribution in [1.82, 2.24) is 5.32 Å². The van der Waals surface area contributed by atoms with Gasteiger partial charge in [0.1, 0.15) is 42.7 Å². The summed E-state index contributed by atoms with van der Waals surface area (Å²) < 4.78 is 10.3. The van der Waals surface area contributed by atoms with E-state index in [1.807, 2.05) is 0 Å². The summed E-state index contributed by atoms with van der Waals surface area (Å²) in [6.45, 7) is -1.65. The monoisotopic (exact) mass is 400 g/mol. The Morgan fingerprint density at radius 3 is 2.26 bits per heavy atom. The number of hydrogen-bond acceptors (Lipinski definition) is 12. The van der Waals surface area contributed by atoms with Gasteiger partial charge in [-0.05, 0) is 0 Å². The Morgan fingerprint density at radius 2 is 1.74 bits per heavy atom. The lowest BCUT2D eigenvalue weighted by molar-refractivity contribution is -0.325. The molecule has 13 nitrogen and oxygen atoms in total. The number of ether oxygens (including phenoxy) is 2. The Morgan fingerprint density at radius 1 is 1.11 bits per heavy atom. The third-order valence-corrected chi connectivity index (χ3v) is 4.08. The van der Waals surface area contributed by atoms with Gasteiger partial charge in [0.05, 0.1) is 13.2 Å². The molecule has 1 fully saturated rings. The summed E-state index contributed by atoms with van der Waals surface area (Å²) in [5.41, 5.74) is 5.23. The van der Waals surface area contributed by atoms with E-state index in [2.05, 4.69) is 5.32 Å². The fourth-order valence-electron chi connectivity index (χ4n) is 2.45. The maximum absolute atomic E-state index is 11.9. The minimum absolute atomic E-state index is 0.0126. The van der Waals surface area contributed by atoms with Crippen molar-refractivity contribution in [3.8, 4) is 0 Å². The fraction of sp³-hybridized carbons (Fsp3) is 0.929. The van der Waals surface area contributed by atoms with Crippen LogP contribution >= 0.6 is 0 Å². The van der Waals surface area contributed by atoms with Gasteiger partial charge < -0.3 is 61.4 Å². The zero-order valence-electron chi connectivity index (χ0n) is 14.4. The molecule has 0 aromatic rings. The highest BCUT2D eigenvalue weighted by molar-refractivity contribution is 5.81. The van der Waals surface area contributed by atoms with Crippen LogP contribution in [0.15, 0.2) is 0 Å². The van der Waals surface area contributed by atoms with E-state index < -0.39 is 74.2 Å². The highest BCUT2D eigenvalue weighted by atomic mass is 16.7. The summed E-state index contributed by atoms with van der Waals surface area (Å²) >= 11 is 0. The van der Waals surface area contributed by atoms with Gasteiger partial charge in [-0.2, -0.15) is 0 Å². The molecule has 1 aliphatic heterocycles. The third kappa shape index (κ3) is 6.00. The first-order chi connectivity index (χ1) is 12.7. The normalized spacial score (nSPS) is 33.1. The number of nitrogens with one attached hydrogen (secondary N) is 1. The van der Waals surface area contributed by atoms with Gasteiger partial charge in [-0.3, -0.25) is 4.79 Å². The van der Waals surface area contributed by atoms with Crippen molar-refractivity contribution < 1.29 is 55.1 Å². The SMILES string of the molecule is NCCNC(=O)C(O)C(OC1OC(CO)C(O)C(O)C1O)C(O)C(O)CO. The minimum atomic E-state index is -2.08. The van der Waals surface area contributed by atoms with Gasteiger partial charge in [0.15, 0.2) is 12.4 Å². The average molecular weight is 400 g/mol. The molecule has 0 aromatic heterocycles. The van der Waals surface area contributed by atoms with E-state index in [1.165, 1.54) is 0 Å². The number of hydrogen-bond donors (Lipinski definition) is 10. The number of aliphatic hydroxyl groups is 8. The Hall–Kier alpha value is -0.970. The van der Waals surface area contributed by atoms with E-state index in [-0.39, 0.29) is 13.1 Å². The minimum Gasteiger partial charge on any atom is -0.394 e. The quantitative estimate of drug-likeness (QED) is 0.165. The maximum Gasteiger partial charge on any atom is 0.251 e. The molecule has 160 valence electrons. The summed E-state index contributed by atoms with van der Waals surface area (Å²) in [4.78, 5) is 11.9. The van der Waals surface area contributed by atoms with Gasteiger partial charge in [0.25, 0.3) is 5.91 Å². The van der Waals surface area contributed by atoms with Crippen LogP contribution in [0, 0.1) is 0 Å². The van der Waals surface area contributed by atoms with Crippen molar-refractivity contribution in [3.05, 3.63) is 0 Å². The summed E-state index contributed by atoms with van der Waals surface area (Å²) in [5, 5.41) is 79.7. The van der Waals surface area contributed by atoms with Gasteiger partial charge in [0.2, 0.25) is 0 Å². The number of carbonyl (C=O) groups excluding carboxylic acids is 1. The third-order valence-electron chi connectivity index (χ3n) is 4.08. The molecule has 27 heavy (non-hydrogen) atoms. The van der Waals surface area contributed by atoms with Crippen LogP contribution in [0.2, 0.25) is 0 Å². The standard InChI is InChI=1S/C14H28N2O11/c15-1-2-16-13(25)11(24)12(7(20)5(19)3-17)27-14-10(23)9(22)8(21)6(4-18)26-14/h5-12,14,17-24H,1-4,15H2,(H,16,25). The van der Waals surface area contributed by atoms with Crippen LogP contribution in [-0.4, -0.2) is 128 Å². The number of amides is 1. The summed E-state index contributed by atoms with van der Waals surface area (Å²) in [6.07, 6.45) is -16.3. The molecule has 9 atom stereocenters.